The van der Waals surface area contributed by atoms with Gasteiger partial charge in [-0.15, -0.1) is 0 Å². The highest BCUT2D eigenvalue weighted by atomic mass is 16.1. The number of carbonyl (C=O) groups is 1. The summed E-state index contributed by atoms with van der Waals surface area (Å²) >= 11 is 0. The Morgan fingerprint density at radius 1 is 1.26 bits per heavy atom. The molecular formula is C17H21N5O. The van der Waals surface area contributed by atoms with Crippen molar-refractivity contribution >= 4 is 17.5 Å². The van der Waals surface area contributed by atoms with Gasteiger partial charge in [0.05, 0.1) is 6.42 Å². The maximum atomic E-state index is 12.2. The van der Waals surface area contributed by atoms with E-state index in [0.717, 1.165) is 37.4 Å². The highest BCUT2D eigenvalue weighted by Gasteiger charge is 2.22. The first kappa shape index (κ1) is 15.3. The van der Waals surface area contributed by atoms with Crippen LogP contribution in [0.5, 0.6) is 0 Å². The molecule has 6 nitrogen and oxygen atoms in total. The predicted molar refractivity (Wildman–Crippen MR) is 90.0 cm³/mol. The average Bonchev–Trinajstić information content (AvgIpc) is 2.58. The lowest BCUT2D eigenvalue weighted by Gasteiger charge is -2.33. The van der Waals surface area contributed by atoms with Crippen LogP contribution < -0.4 is 16.0 Å². The molecule has 2 heterocycles. The smallest absolute Gasteiger partial charge is 0.225 e. The van der Waals surface area contributed by atoms with Gasteiger partial charge in [0.1, 0.15) is 0 Å². The molecule has 1 fully saturated rings. The van der Waals surface area contributed by atoms with E-state index in [1.165, 1.54) is 0 Å². The molecule has 1 amide bonds. The third kappa shape index (κ3) is 4.18. The summed E-state index contributed by atoms with van der Waals surface area (Å²) in [6.07, 6.45) is 5.86. The Balaban J connectivity index is 1.55. The summed E-state index contributed by atoms with van der Waals surface area (Å²) in [5.74, 6) is 0.764. The zero-order valence-electron chi connectivity index (χ0n) is 13.0. The normalized spacial score (nSPS) is 17.7. The molecule has 2 aromatic rings. The van der Waals surface area contributed by atoms with E-state index < -0.39 is 0 Å². The van der Waals surface area contributed by atoms with E-state index in [9.17, 15) is 4.79 Å². The monoisotopic (exact) mass is 311 g/mol. The highest BCUT2D eigenvalue weighted by molar-refractivity contribution is 5.79. The fourth-order valence-electron chi connectivity index (χ4n) is 2.83. The molecule has 1 atom stereocenters. The Hall–Kier alpha value is -2.63. The number of aromatic nitrogens is 2. The molecule has 6 heteroatoms. The van der Waals surface area contributed by atoms with Crippen LogP contribution in [0.25, 0.3) is 0 Å². The number of nitrogens with two attached hydrogens (primary N) is 1. The summed E-state index contributed by atoms with van der Waals surface area (Å²) in [5.41, 5.74) is 7.34. The largest absolute Gasteiger partial charge is 0.399 e. The number of nitrogens with zero attached hydrogens (tertiary/aromatic N) is 3. The number of nitrogen functional groups attached to an aromatic ring is 1. The van der Waals surface area contributed by atoms with E-state index >= 15 is 0 Å². The van der Waals surface area contributed by atoms with Gasteiger partial charge in [0, 0.05) is 37.2 Å². The number of benzene rings is 1. The molecule has 0 radical (unpaired) electrons. The zero-order valence-corrected chi connectivity index (χ0v) is 13.0. The summed E-state index contributed by atoms with van der Waals surface area (Å²) in [6, 6.07) is 9.35. The Morgan fingerprint density at radius 2 is 2.00 bits per heavy atom. The molecule has 1 aliphatic rings. The summed E-state index contributed by atoms with van der Waals surface area (Å²) < 4.78 is 0. The molecule has 0 saturated carbocycles. The summed E-state index contributed by atoms with van der Waals surface area (Å²) in [4.78, 5) is 22.9. The number of hydrogen-bond donors (Lipinski definition) is 2. The Labute approximate surface area is 135 Å². The Morgan fingerprint density at radius 3 is 2.74 bits per heavy atom. The fourth-order valence-corrected chi connectivity index (χ4v) is 2.83. The SMILES string of the molecule is Nc1ccc(CC(=O)NC2CCCN(c3ncccn3)C2)cc1. The van der Waals surface area contributed by atoms with Gasteiger partial charge in [0.15, 0.2) is 0 Å². The second kappa shape index (κ2) is 7.09. The first-order chi connectivity index (χ1) is 11.2. The third-order valence-electron chi connectivity index (χ3n) is 3.97. The zero-order chi connectivity index (χ0) is 16.1. The van der Waals surface area contributed by atoms with E-state index in [-0.39, 0.29) is 11.9 Å². The number of anilines is 2. The molecule has 0 bridgehead atoms. The molecule has 0 spiro atoms. The standard InChI is InChI=1S/C17H21N5O/c18-14-6-4-13(5-7-14)11-16(23)21-15-3-1-10-22(12-15)17-19-8-2-9-20-17/h2,4-9,15H,1,3,10-12,18H2,(H,21,23). The van der Waals surface area contributed by atoms with Crippen molar-refractivity contribution in [3.63, 3.8) is 0 Å². The lowest BCUT2D eigenvalue weighted by molar-refractivity contribution is -0.121. The van der Waals surface area contributed by atoms with Gasteiger partial charge in [-0.05, 0) is 36.6 Å². The van der Waals surface area contributed by atoms with Crippen LogP contribution in [0.3, 0.4) is 0 Å². The highest BCUT2D eigenvalue weighted by Crippen LogP contribution is 2.15. The molecule has 1 unspecified atom stereocenters. The maximum Gasteiger partial charge on any atom is 0.225 e. The Kier molecular flexibility index (Phi) is 4.71. The second-order valence-electron chi connectivity index (χ2n) is 5.82. The lowest BCUT2D eigenvalue weighted by atomic mass is 10.1. The molecule has 23 heavy (non-hydrogen) atoms. The van der Waals surface area contributed by atoms with Gasteiger partial charge in [0.25, 0.3) is 0 Å². The Bertz CT molecular complexity index is 644. The molecule has 3 N–H and O–H groups in total. The number of hydrogen-bond acceptors (Lipinski definition) is 5. The van der Waals surface area contributed by atoms with Crippen molar-refractivity contribution in [1.29, 1.82) is 0 Å². The topological polar surface area (TPSA) is 84.1 Å². The molecule has 1 aromatic heterocycles. The van der Waals surface area contributed by atoms with Crippen molar-refractivity contribution in [3.05, 3.63) is 48.3 Å². The van der Waals surface area contributed by atoms with E-state index in [4.69, 9.17) is 5.73 Å². The van der Waals surface area contributed by atoms with Gasteiger partial charge in [-0.1, -0.05) is 12.1 Å². The van der Waals surface area contributed by atoms with Crippen molar-refractivity contribution < 1.29 is 4.79 Å². The number of nitrogens with one attached hydrogen (secondary N) is 1. The second-order valence-corrected chi connectivity index (χ2v) is 5.82. The van der Waals surface area contributed by atoms with Crippen LogP contribution in [0, 0.1) is 0 Å². The van der Waals surface area contributed by atoms with Crippen molar-refractivity contribution in [2.75, 3.05) is 23.7 Å². The van der Waals surface area contributed by atoms with Gasteiger partial charge >= 0.3 is 0 Å². The lowest BCUT2D eigenvalue weighted by Crippen LogP contribution is -2.48. The number of carbonyl (C=O) groups excluding carboxylic acids is 1. The first-order valence-electron chi connectivity index (χ1n) is 7.86. The van der Waals surface area contributed by atoms with E-state index in [2.05, 4.69) is 20.2 Å². The quantitative estimate of drug-likeness (QED) is 0.834. The summed E-state index contributed by atoms with van der Waals surface area (Å²) in [6.45, 7) is 1.67. The van der Waals surface area contributed by atoms with Crippen molar-refractivity contribution in [2.45, 2.75) is 25.3 Å². The van der Waals surface area contributed by atoms with Crippen LogP contribution in [-0.2, 0) is 11.2 Å². The molecule has 0 aliphatic carbocycles. The van der Waals surface area contributed by atoms with Crippen molar-refractivity contribution in [1.82, 2.24) is 15.3 Å². The van der Waals surface area contributed by atoms with Crippen LogP contribution in [0.2, 0.25) is 0 Å². The third-order valence-corrected chi connectivity index (χ3v) is 3.97. The van der Waals surface area contributed by atoms with Gasteiger partial charge < -0.3 is 16.0 Å². The summed E-state index contributed by atoms with van der Waals surface area (Å²) in [7, 11) is 0. The van der Waals surface area contributed by atoms with Crippen LogP contribution >= 0.6 is 0 Å². The first-order valence-corrected chi connectivity index (χ1v) is 7.86. The maximum absolute atomic E-state index is 12.2. The van der Waals surface area contributed by atoms with Crippen LogP contribution in [0.15, 0.2) is 42.7 Å². The van der Waals surface area contributed by atoms with Gasteiger partial charge in [-0.3, -0.25) is 4.79 Å². The number of rotatable bonds is 4. The minimum atomic E-state index is 0.0376. The minimum Gasteiger partial charge on any atom is -0.399 e. The van der Waals surface area contributed by atoms with Crippen molar-refractivity contribution in [2.24, 2.45) is 0 Å². The van der Waals surface area contributed by atoms with E-state index in [1.807, 2.05) is 24.3 Å². The van der Waals surface area contributed by atoms with Crippen LogP contribution in [0.4, 0.5) is 11.6 Å². The minimum absolute atomic E-state index is 0.0376. The average molecular weight is 311 g/mol. The van der Waals surface area contributed by atoms with Crippen LogP contribution in [-0.4, -0.2) is 35.0 Å². The fraction of sp³-hybridized carbons (Fsp3) is 0.353. The molecule has 120 valence electrons. The molecule has 3 rings (SSSR count). The van der Waals surface area contributed by atoms with E-state index in [1.54, 1.807) is 18.5 Å². The number of piperidine rings is 1. The molecule has 1 saturated heterocycles. The predicted octanol–water partition coefficient (Wildman–Crippen LogP) is 1.39. The summed E-state index contributed by atoms with van der Waals surface area (Å²) in [5, 5.41) is 3.11. The van der Waals surface area contributed by atoms with Crippen LogP contribution in [0.1, 0.15) is 18.4 Å². The molecular weight excluding hydrogens is 290 g/mol. The van der Waals surface area contributed by atoms with Gasteiger partial charge in [-0.2, -0.15) is 0 Å². The number of amides is 1. The van der Waals surface area contributed by atoms with Gasteiger partial charge in [0.2, 0.25) is 11.9 Å². The van der Waals surface area contributed by atoms with E-state index in [0.29, 0.717) is 12.1 Å². The van der Waals surface area contributed by atoms with Crippen molar-refractivity contribution in [3.8, 4) is 0 Å². The molecule has 1 aliphatic heterocycles. The van der Waals surface area contributed by atoms with Gasteiger partial charge in [-0.25, -0.2) is 9.97 Å². The molecule has 1 aromatic carbocycles.